The first kappa shape index (κ1) is 16.3. The topological polar surface area (TPSA) is 28.2 Å². The van der Waals surface area contributed by atoms with E-state index < -0.39 is 0 Å². The third-order valence-corrected chi connectivity index (χ3v) is 3.93. The molecule has 1 aromatic heterocycles. The Hall–Kier alpha value is -0.800. The normalized spacial score (nSPS) is 13.7. The number of hydrogen-bond acceptors (Lipinski definition) is 3. The molecule has 0 radical (unpaired) electrons. The molecule has 0 bridgehead atoms. The van der Waals surface area contributed by atoms with E-state index in [9.17, 15) is 0 Å². The Morgan fingerprint density at radius 1 is 1.37 bits per heavy atom. The number of nitrogens with zero attached hydrogens (tertiary/aromatic N) is 2. The SMILES string of the molecule is CCNc1ccc(Cl)c(CN(C)C(C)C(C)(C)C)n1. The van der Waals surface area contributed by atoms with Gasteiger partial charge in [0.15, 0.2) is 0 Å². The van der Waals surface area contributed by atoms with Gasteiger partial charge in [-0.3, -0.25) is 4.90 Å². The van der Waals surface area contributed by atoms with Crippen molar-refractivity contribution in [3.8, 4) is 0 Å². The van der Waals surface area contributed by atoms with Gasteiger partial charge in [0.05, 0.1) is 10.7 Å². The van der Waals surface area contributed by atoms with E-state index in [1.165, 1.54) is 0 Å². The molecule has 0 saturated heterocycles. The third kappa shape index (κ3) is 4.66. The van der Waals surface area contributed by atoms with Gasteiger partial charge in [0, 0.05) is 19.1 Å². The van der Waals surface area contributed by atoms with Crippen LogP contribution < -0.4 is 5.32 Å². The van der Waals surface area contributed by atoms with Crippen LogP contribution in [0.2, 0.25) is 5.02 Å². The summed E-state index contributed by atoms with van der Waals surface area (Å²) in [6.45, 7) is 12.7. The van der Waals surface area contributed by atoms with Gasteiger partial charge in [-0.2, -0.15) is 0 Å². The molecule has 1 rings (SSSR count). The number of rotatable bonds is 5. The predicted molar refractivity (Wildman–Crippen MR) is 83.8 cm³/mol. The van der Waals surface area contributed by atoms with Crippen LogP contribution in [0.5, 0.6) is 0 Å². The molecule has 0 amide bonds. The maximum Gasteiger partial charge on any atom is 0.126 e. The van der Waals surface area contributed by atoms with E-state index in [4.69, 9.17) is 11.6 Å². The molecule has 1 unspecified atom stereocenters. The molecule has 0 aromatic carbocycles. The highest BCUT2D eigenvalue weighted by molar-refractivity contribution is 6.31. The second-order valence-electron chi connectivity index (χ2n) is 6.11. The fourth-order valence-electron chi connectivity index (χ4n) is 1.91. The predicted octanol–water partition coefficient (Wildman–Crippen LogP) is 4.03. The summed E-state index contributed by atoms with van der Waals surface area (Å²) in [4.78, 5) is 6.88. The van der Waals surface area contributed by atoms with E-state index in [1.807, 2.05) is 12.1 Å². The van der Waals surface area contributed by atoms with Crippen LogP contribution in [-0.4, -0.2) is 29.5 Å². The molecule has 3 nitrogen and oxygen atoms in total. The van der Waals surface area contributed by atoms with E-state index in [1.54, 1.807) is 0 Å². The van der Waals surface area contributed by atoms with E-state index in [2.05, 4.69) is 56.9 Å². The van der Waals surface area contributed by atoms with Gasteiger partial charge < -0.3 is 5.32 Å². The highest BCUT2D eigenvalue weighted by Gasteiger charge is 2.24. The Balaban J connectivity index is 2.83. The summed E-state index contributed by atoms with van der Waals surface area (Å²) in [7, 11) is 2.12. The van der Waals surface area contributed by atoms with Crippen LogP contribution in [0.3, 0.4) is 0 Å². The van der Waals surface area contributed by atoms with Crippen molar-refractivity contribution in [3.05, 3.63) is 22.8 Å². The fourth-order valence-corrected chi connectivity index (χ4v) is 2.07. The maximum atomic E-state index is 6.24. The molecule has 1 N–H and O–H groups in total. The van der Waals surface area contributed by atoms with E-state index in [0.717, 1.165) is 29.6 Å². The average molecular weight is 284 g/mol. The molecule has 1 atom stereocenters. The summed E-state index contributed by atoms with van der Waals surface area (Å²) in [5, 5.41) is 3.95. The molecule has 0 aliphatic heterocycles. The zero-order valence-corrected chi connectivity index (χ0v) is 13.7. The van der Waals surface area contributed by atoms with E-state index in [0.29, 0.717) is 6.04 Å². The van der Waals surface area contributed by atoms with Gasteiger partial charge >= 0.3 is 0 Å². The summed E-state index contributed by atoms with van der Waals surface area (Å²) < 4.78 is 0. The van der Waals surface area contributed by atoms with Crippen LogP contribution in [0.15, 0.2) is 12.1 Å². The molecule has 1 heterocycles. The summed E-state index contributed by atoms with van der Waals surface area (Å²) in [6, 6.07) is 4.29. The van der Waals surface area contributed by atoms with Crippen LogP contribution in [0.4, 0.5) is 5.82 Å². The second kappa shape index (κ2) is 6.58. The quantitative estimate of drug-likeness (QED) is 0.884. The zero-order chi connectivity index (χ0) is 14.6. The number of nitrogens with one attached hydrogen (secondary N) is 1. The van der Waals surface area contributed by atoms with Crippen molar-refractivity contribution in [2.45, 2.75) is 47.2 Å². The molecule has 1 aromatic rings. The fraction of sp³-hybridized carbons (Fsp3) is 0.667. The molecule has 0 aliphatic carbocycles. The molecular formula is C15H26ClN3. The Morgan fingerprint density at radius 3 is 2.53 bits per heavy atom. The molecule has 19 heavy (non-hydrogen) atoms. The van der Waals surface area contributed by atoms with Crippen molar-refractivity contribution in [3.63, 3.8) is 0 Å². The maximum absolute atomic E-state index is 6.24. The first-order valence-electron chi connectivity index (χ1n) is 6.85. The molecule has 108 valence electrons. The first-order valence-corrected chi connectivity index (χ1v) is 7.23. The molecule has 0 fully saturated rings. The Morgan fingerprint density at radius 2 is 2.00 bits per heavy atom. The minimum Gasteiger partial charge on any atom is -0.370 e. The Labute approximate surface area is 122 Å². The van der Waals surface area contributed by atoms with Gasteiger partial charge in [-0.15, -0.1) is 0 Å². The number of halogens is 1. The minimum absolute atomic E-state index is 0.237. The molecule has 4 heteroatoms. The van der Waals surface area contributed by atoms with Crippen LogP contribution in [0.25, 0.3) is 0 Å². The van der Waals surface area contributed by atoms with Gasteiger partial charge in [-0.25, -0.2) is 4.98 Å². The van der Waals surface area contributed by atoms with Crippen LogP contribution in [0, 0.1) is 5.41 Å². The second-order valence-corrected chi connectivity index (χ2v) is 6.52. The molecule has 0 spiro atoms. The number of pyridine rings is 1. The summed E-state index contributed by atoms with van der Waals surface area (Å²) >= 11 is 6.24. The Kier molecular flexibility index (Phi) is 5.63. The highest BCUT2D eigenvalue weighted by Crippen LogP contribution is 2.25. The summed E-state index contributed by atoms with van der Waals surface area (Å²) in [5.74, 6) is 0.888. The summed E-state index contributed by atoms with van der Waals surface area (Å²) in [5.41, 5.74) is 1.17. The number of hydrogen-bond donors (Lipinski definition) is 1. The lowest BCUT2D eigenvalue weighted by Gasteiger charge is -2.35. The molecule has 0 saturated carbocycles. The van der Waals surface area contributed by atoms with Crippen molar-refractivity contribution >= 4 is 17.4 Å². The smallest absolute Gasteiger partial charge is 0.126 e. The largest absolute Gasteiger partial charge is 0.370 e. The van der Waals surface area contributed by atoms with Crippen molar-refractivity contribution in [1.29, 1.82) is 0 Å². The van der Waals surface area contributed by atoms with Gasteiger partial charge in [0.1, 0.15) is 5.82 Å². The third-order valence-electron chi connectivity index (χ3n) is 3.59. The van der Waals surface area contributed by atoms with Crippen molar-refractivity contribution in [2.75, 3.05) is 18.9 Å². The van der Waals surface area contributed by atoms with Crippen molar-refractivity contribution in [2.24, 2.45) is 5.41 Å². The van der Waals surface area contributed by atoms with Gasteiger partial charge in [0.25, 0.3) is 0 Å². The van der Waals surface area contributed by atoms with E-state index >= 15 is 0 Å². The summed E-state index contributed by atoms with van der Waals surface area (Å²) in [6.07, 6.45) is 0. The van der Waals surface area contributed by atoms with E-state index in [-0.39, 0.29) is 5.41 Å². The van der Waals surface area contributed by atoms with Crippen molar-refractivity contribution < 1.29 is 0 Å². The Bertz CT molecular complexity index is 412. The lowest BCUT2D eigenvalue weighted by molar-refractivity contribution is 0.133. The number of anilines is 1. The average Bonchev–Trinajstić information content (AvgIpc) is 2.31. The lowest BCUT2D eigenvalue weighted by atomic mass is 9.87. The highest BCUT2D eigenvalue weighted by atomic mass is 35.5. The lowest BCUT2D eigenvalue weighted by Crippen LogP contribution is -2.39. The van der Waals surface area contributed by atoms with Crippen LogP contribution in [-0.2, 0) is 6.54 Å². The van der Waals surface area contributed by atoms with Gasteiger partial charge in [-0.05, 0) is 38.4 Å². The molecule has 0 aliphatic rings. The standard InChI is InChI=1S/C15H26ClN3/c1-7-17-14-9-8-12(16)13(18-14)10-19(6)11(2)15(3,4)5/h8-9,11H,7,10H2,1-6H3,(H,17,18). The zero-order valence-electron chi connectivity index (χ0n) is 12.9. The van der Waals surface area contributed by atoms with Gasteiger partial charge in [-0.1, -0.05) is 32.4 Å². The minimum atomic E-state index is 0.237. The first-order chi connectivity index (χ1) is 8.75. The molecular weight excluding hydrogens is 258 g/mol. The number of aromatic nitrogens is 1. The van der Waals surface area contributed by atoms with Crippen LogP contribution >= 0.6 is 11.6 Å². The van der Waals surface area contributed by atoms with Gasteiger partial charge in [0.2, 0.25) is 0 Å². The monoisotopic (exact) mass is 283 g/mol. The van der Waals surface area contributed by atoms with Crippen molar-refractivity contribution in [1.82, 2.24) is 9.88 Å². The van der Waals surface area contributed by atoms with Crippen LogP contribution in [0.1, 0.15) is 40.3 Å².